The van der Waals surface area contributed by atoms with Crippen molar-refractivity contribution in [2.45, 2.75) is 74.8 Å². The summed E-state index contributed by atoms with van der Waals surface area (Å²) in [6.45, 7) is 0.170. The lowest BCUT2D eigenvalue weighted by Gasteiger charge is -2.30. The van der Waals surface area contributed by atoms with Crippen LogP contribution in [0.5, 0.6) is 5.75 Å². The Labute approximate surface area is 262 Å². The van der Waals surface area contributed by atoms with E-state index < -0.39 is 39.8 Å². The van der Waals surface area contributed by atoms with E-state index in [1.54, 1.807) is 30.3 Å². The van der Waals surface area contributed by atoms with Gasteiger partial charge in [0.1, 0.15) is 5.75 Å². The van der Waals surface area contributed by atoms with Crippen LogP contribution in [0.15, 0.2) is 77.7 Å². The van der Waals surface area contributed by atoms with Crippen LogP contribution in [0.4, 0.5) is 13.2 Å². The second-order valence-corrected chi connectivity index (χ2v) is 13.2. The maximum atomic E-state index is 13.4. The topological polar surface area (TPSA) is 117 Å². The van der Waals surface area contributed by atoms with Crippen LogP contribution >= 0.6 is 0 Å². The number of carbonyl (C=O) groups excluding carboxylic acids is 1. The number of benzene rings is 3. The van der Waals surface area contributed by atoms with Crippen LogP contribution in [-0.4, -0.2) is 45.2 Å². The molecule has 0 spiro atoms. The lowest BCUT2D eigenvalue weighted by Crippen LogP contribution is -2.48. The van der Waals surface area contributed by atoms with Crippen molar-refractivity contribution in [1.82, 2.24) is 15.4 Å². The molecule has 1 aliphatic rings. The summed E-state index contributed by atoms with van der Waals surface area (Å²) in [4.78, 5) is 13.3. The molecule has 3 aromatic carbocycles. The Kier molecular flexibility index (Phi) is 12.0. The third kappa shape index (κ3) is 10.3. The van der Waals surface area contributed by atoms with Gasteiger partial charge in [-0.1, -0.05) is 68.5 Å². The summed E-state index contributed by atoms with van der Waals surface area (Å²) in [5, 5.41) is 17.0. The van der Waals surface area contributed by atoms with Crippen LogP contribution in [0.1, 0.15) is 65.6 Å². The number of carbonyl (C=O) groups is 1. The summed E-state index contributed by atoms with van der Waals surface area (Å²) in [6.07, 6.45) is 0.272. The molecule has 0 radical (unpaired) electrons. The van der Waals surface area contributed by atoms with Gasteiger partial charge in [-0.3, -0.25) is 4.79 Å². The van der Waals surface area contributed by atoms with Gasteiger partial charge in [-0.15, -0.1) is 0 Å². The molecule has 1 saturated carbocycles. The molecule has 4 N–H and O–H groups in total. The van der Waals surface area contributed by atoms with Gasteiger partial charge in [0.05, 0.1) is 29.7 Å². The van der Waals surface area contributed by atoms with Crippen LogP contribution < -0.4 is 20.1 Å². The number of methoxy groups -OCH3 is 1. The van der Waals surface area contributed by atoms with E-state index in [9.17, 15) is 31.5 Å². The highest BCUT2D eigenvalue weighted by Crippen LogP contribution is 2.30. The van der Waals surface area contributed by atoms with Gasteiger partial charge >= 0.3 is 6.18 Å². The second kappa shape index (κ2) is 15.7. The molecule has 1 fully saturated rings. The van der Waals surface area contributed by atoms with Crippen molar-refractivity contribution in [3.8, 4) is 5.75 Å². The maximum absolute atomic E-state index is 13.4. The van der Waals surface area contributed by atoms with E-state index in [2.05, 4.69) is 15.4 Å². The molecule has 3 aromatic rings. The van der Waals surface area contributed by atoms with Gasteiger partial charge in [0.25, 0.3) is 5.91 Å². The van der Waals surface area contributed by atoms with Crippen LogP contribution in [0.25, 0.3) is 0 Å². The zero-order valence-electron chi connectivity index (χ0n) is 25.1. The molecule has 0 aromatic heterocycles. The second-order valence-electron chi connectivity index (χ2n) is 11.4. The molecule has 45 heavy (non-hydrogen) atoms. The summed E-state index contributed by atoms with van der Waals surface area (Å²) in [5.74, 6) is 0.369. The number of hydrogen-bond acceptors (Lipinski definition) is 6. The smallest absolute Gasteiger partial charge is 0.416 e. The predicted octanol–water partition coefficient (Wildman–Crippen LogP) is 5.41. The van der Waals surface area contributed by atoms with E-state index >= 15 is 0 Å². The molecule has 0 heterocycles. The van der Waals surface area contributed by atoms with E-state index in [4.69, 9.17) is 4.74 Å². The molecule has 2 atom stereocenters. The fraction of sp³-hybridized carbons (Fsp3) is 0.424. The number of halogens is 3. The van der Waals surface area contributed by atoms with E-state index in [0.29, 0.717) is 29.2 Å². The van der Waals surface area contributed by atoms with E-state index in [1.165, 1.54) is 37.4 Å². The number of rotatable bonds is 14. The highest BCUT2D eigenvalue weighted by atomic mass is 32.2. The van der Waals surface area contributed by atoms with Gasteiger partial charge in [-0.25, -0.2) is 13.1 Å². The Morgan fingerprint density at radius 3 is 2.36 bits per heavy atom. The molecule has 0 aliphatic heterocycles. The minimum Gasteiger partial charge on any atom is -0.497 e. The number of alkyl halides is 3. The lowest BCUT2D eigenvalue weighted by molar-refractivity contribution is -0.137. The average Bonchev–Trinajstić information content (AvgIpc) is 3.04. The normalized spacial score (nSPS) is 15.8. The Hall–Kier alpha value is -3.45. The number of amides is 1. The van der Waals surface area contributed by atoms with Gasteiger partial charge in [0, 0.05) is 25.2 Å². The summed E-state index contributed by atoms with van der Waals surface area (Å²) in [7, 11) is -2.43. The summed E-state index contributed by atoms with van der Waals surface area (Å²) in [6, 6.07) is 17.0. The van der Waals surface area contributed by atoms with Crippen molar-refractivity contribution in [2.24, 2.45) is 5.92 Å². The Balaban J connectivity index is 1.41. The highest BCUT2D eigenvalue weighted by molar-refractivity contribution is 7.89. The molecule has 12 heteroatoms. The number of aliphatic hydroxyl groups is 1. The number of ether oxygens (including phenoxy) is 1. The van der Waals surface area contributed by atoms with E-state index in [1.807, 2.05) is 0 Å². The zero-order chi connectivity index (χ0) is 32.5. The number of hydrogen-bond donors (Lipinski definition) is 4. The molecule has 1 aliphatic carbocycles. The SMILES string of the molecule is COc1cccc(CNS(=O)(=O)c2cccc(C(=O)N[C@@H](CC3CCCCC3)[C@H](O)CNCc3cccc(C(F)(F)F)c3)c2)c1. The minimum absolute atomic E-state index is 0.0269. The van der Waals surface area contributed by atoms with E-state index in [0.717, 1.165) is 44.2 Å². The van der Waals surface area contributed by atoms with Gasteiger partial charge in [-0.05, 0) is 59.9 Å². The number of aliphatic hydroxyl groups excluding tert-OH is 1. The predicted molar refractivity (Wildman–Crippen MR) is 165 cm³/mol. The fourth-order valence-electron chi connectivity index (χ4n) is 5.56. The summed E-state index contributed by atoms with van der Waals surface area (Å²) < 4.78 is 73.1. The van der Waals surface area contributed by atoms with Crippen LogP contribution in [0, 0.1) is 5.92 Å². The van der Waals surface area contributed by atoms with Crippen LogP contribution in [-0.2, 0) is 29.3 Å². The Morgan fingerprint density at radius 1 is 0.956 bits per heavy atom. The number of sulfonamides is 1. The Morgan fingerprint density at radius 2 is 1.64 bits per heavy atom. The minimum atomic E-state index is -4.45. The van der Waals surface area contributed by atoms with Crippen molar-refractivity contribution < 1.29 is 36.2 Å². The third-order valence-corrected chi connectivity index (χ3v) is 9.44. The molecular weight excluding hydrogens is 607 g/mol. The molecule has 0 bridgehead atoms. The maximum Gasteiger partial charge on any atom is 0.416 e. The molecule has 244 valence electrons. The summed E-state index contributed by atoms with van der Waals surface area (Å²) >= 11 is 0. The molecule has 0 saturated heterocycles. The zero-order valence-corrected chi connectivity index (χ0v) is 26.0. The van der Waals surface area contributed by atoms with Crippen molar-refractivity contribution in [3.63, 3.8) is 0 Å². The lowest BCUT2D eigenvalue weighted by atomic mass is 9.83. The first-order valence-corrected chi connectivity index (χ1v) is 16.5. The molecule has 0 unspecified atom stereocenters. The molecule has 8 nitrogen and oxygen atoms in total. The molecule has 4 rings (SSSR count). The first-order chi connectivity index (χ1) is 21.4. The van der Waals surface area contributed by atoms with Gasteiger partial charge in [0.2, 0.25) is 10.0 Å². The van der Waals surface area contributed by atoms with Gasteiger partial charge in [-0.2, -0.15) is 13.2 Å². The average molecular weight is 648 g/mol. The fourth-order valence-corrected chi connectivity index (χ4v) is 6.62. The van der Waals surface area contributed by atoms with Crippen LogP contribution in [0.3, 0.4) is 0 Å². The first-order valence-electron chi connectivity index (χ1n) is 15.0. The van der Waals surface area contributed by atoms with Crippen molar-refractivity contribution in [1.29, 1.82) is 0 Å². The third-order valence-electron chi connectivity index (χ3n) is 8.04. The highest BCUT2D eigenvalue weighted by Gasteiger charge is 2.30. The van der Waals surface area contributed by atoms with Crippen molar-refractivity contribution in [3.05, 3.63) is 95.1 Å². The molecular formula is C33H40F3N3O5S. The van der Waals surface area contributed by atoms with Crippen LogP contribution in [0.2, 0.25) is 0 Å². The number of nitrogens with one attached hydrogen (secondary N) is 3. The summed E-state index contributed by atoms with van der Waals surface area (Å²) in [5.41, 5.74) is 0.498. The quantitative estimate of drug-likeness (QED) is 0.186. The monoisotopic (exact) mass is 647 g/mol. The van der Waals surface area contributed by atoms with Crippen molar-refractivity contribution in [2.75, 3.05) is 13.7 Å². The Bertz CT molecular complexity index is 1530. The first kappa shape index (κ1) is 34.4. The van der Waals surface area contributed by atoms with E-state index in [-0.39, 0.29) is 30.1 Å². The van der Waals surface area contributed by atoms with Gasteiger partial charge in [0.15, 0.2) is 0 Å². The van der Waals surface area contributed by atoms with Crippen molar-refractivity contribution >= 4 is 15.9 Å². The standard InChI is InChI=1S/C33H40F3N3O5S/c1-44-28-14-6-11-25(17-28)21-38-45(42,43)29-15-7-12-26(19-29)32(41)39-30(18-23-8-3-2-4-9-23)31(40)22-37-20-24-10-5-13-27(16-24)33(34,35)36/h5-7,10-17,19,23,30-31,37-38,40H,2-4,8-9,18,20-22H2,1H3,(H,39,41)/t30-,31+/m0/s1. The molecule has 1 amide bonds. The largest absolute Gasteiger partial charge is 0.497 e. The van der Waals surface area contributed by atoms with Gasteiger partial charge < -0.3 is 20.5 Å².